The Morgan fingerprint density at radius 2 is 2.00 bits per heavy atom. The summed E-state index contributed by atoms with van der Waals surface area (Å²) < 4.78 is 1.66. The van der Waals surface area contributed by atoms with Crippen molar-refractivity contribution in [1.29, 1.82) is 0 Å². The van der Waals surface area contributed by atoms with Gasteiger partial charge in [-0.05, 0) is 24.5 Å². The molecular formula is C16H20N4O3. The SMILES string of the molecule is O=C(O)CCCCCNC(=O)c1ccccc1Cn1cncn1. The van der Waals surface area contributed by atoms with E-state index in [0.29, 0.717) is 25.1 Å². The summed E-state index contributed by atoms with van der Waals surface area (Å²) in [6, 6.07) is 7.39. The van der Waals surface area contributed by atoms with Crippen LogP contribution in [-0.2, 0) is 11.3 Å². The van der Waals surface area contributed by atoms with Crippen molar-refractivity contribution >= 4 is 11.9 Å². The maximum absolute atomic E-state index is 12.3. The number of hydrogen-bond acceptors (Lipinski definition) is 4. The van der Waals surface area contributed by atoms with Crippen molar-refractivity contribution < 1.29 is 14.7 Å². The maximum atomic E-state index is 12.3. The standard InChI is InChI=1S/C16H20N4O3/c21-15(22)8-2-1-5-9-18-16(23)14-7-4-3-6-13(14)10-20-12-17-11-19-20/h3-4,6-7,11-12H,1-2,5,8-10H2,(H,18,23)(H,21,22). The van der Waals surface area contributed by atoms with Crippen molar-refractivity contribution in [2.24, 2.45) is 0 Å². The number of carboxylic acid groups (broad SMARTS) is 1. The van der Waals surface area contributed by atoms with Gasteiger partial charge in [-0.1, -0.05) is 24.6 Å². The minimum atomic E-state index is -0.781. The van der Waals surface area contributed by atoms with E-state index in [1.807, 2.05) is 18.2 Å². The normalized spacial score (nSPS) is 10.4. The van der Waals surface area contributed by atoms with Gasteiger partial charge in [-0.25, -0.2) is 9.67 Å². The molecule has 23 heavy (non-hydrogen) atoms. The smallest absolute Gasteiger partial charge is 0.303 e. The van der Waals surface area contributed by atoms with Gasteiger partial charge in [0.25, 0.3) is 5.91 Å². The second-order valence-electron chi connectivity index (χ2n) is 5.21. The van der Waals surface area contributed by atoms with Crippen LogP contribution in [0.5, 0.6) is 0 Å². The summed E-state index contributed by atoms with van der Waals surface area (Å²) in [7, 11) is 0. The molecule has 7 heteroatoms. The molecule has 0 bridgehead atoms. The minimum Gasteiger partial charge on any atom is -0.481 e. The van der Waals surface area contributed by atoms with Crippen molar-refractivity contribution in [3.05, 3.63) is 48.0 Å². The molecule has 0 radical (unpaired) electrons. The third kappa shape index (κ3) is 5.54. The fourth-order valence-electron chi connectivity index (χ4n) is 2.24. The molecule has 7 nitrogen and oxygen atoms in total. The number of amides is 1. The number of carbonyl (C=O) groups excluding carboxylic acids is 1. The third-order valence-electron chi connectivity index (χ3n) is 3.41. The largest absolute Gasteiger partial charge is 0.481 e. The summed E-state index contributed by atoms with van der Waals surface area (Å²) in [5, 5.41) is 15.5. The number of carboxylic acids is 1. The highest BCUT2D eigenvalue weighted by Crippen LogP contribution is 2.10. The number of rotatable bonds is 9. The van der Waals surface area contributed by atoms with Crippen molar-refractivity contribution in [1.82, 2.24) is 20.1 Å². The molecule has 2 N–H and O–H groups in total. The van der Waals surface area contributed by atoms with Gasteiger partial charge >= 0.3 is 5.97 Å². The summed E-state index contributed by atoms with van der Waals surface area (Å²) in [6.45, 7) is 1.03. The lowest BCUT2D eigenvalue weighted by Crippen LogP contribution is -2.26. The third-order valence-corrected chi connectivity index (χ3v) is 3.41. The van der Waals surface area contributed by atoms with Crippen LogP contribution < -0.4 is 5.32 Å². The van der Waals surface area contributed by atoms with Gasteiger partial charge in [-0.3, -0.25) is 9.59 Å². The van der Waals surface area contributed by atoms with Gasteiger partial charge in [0, 0.05) is 18.5 Å². The van der Waals surface area contributed by atoms with Crippen molar-refractivity contribution in [3.8, 4) is 0 Å². The number of hydrogen-bond donors (Lipinski definition) is 2. The molecule has 0 saturated carbocycles. The molecular weight excluding hydrogens is 296 g/mol. The average Bonchev–Trinajstić information content (AvgIpc) is 3.04. The van der Waals surface area contributed by atoms with Crippen LogP contribution in [0.2, 0.25) is 0 Å². The van der Waals surface area contributed by atoms with E-state index in [0.717, 1.165) is 18.4 Å². The molecule has 2 rings (SSSR count). The minimum absolute atomic E-state index is 0.126. The topological polar surface area (TPSA) is 97.1 Å². The molecule has 122 valence electrons. The first-order valence-electron chi connectivity index (χ1n) is 7.57. The summed E-state index contributed by atoms with van der Waals surface area (Å²) >= 11 is 0. The molecule has 0 aliphatic rings. The lowest BCUT2D eigenvalue weighted by Gasteiger charge is -2.10. The zero-order chi connectivity index (χ0) is 16.5. The number of aliphatic carboxylic acids is 1. The van der Waals surface area contributed by atoms with Gasteiger partial charge in [0.1, 0.15) is 12.7 Å². The van der Waals surface area contributed by atoms with Gasteiger partial charge in [-0.15, -0.1) is 0 Å². The van der Waals surface area contributed by atoms with Gasteiger partial charge in [-0.2, -0.15) is 5.10 Å². The lowest BCUT2D eigenvalue weighted by molar-refractivity contribution is -0.137. The molecule has 0 aliphatic heterocycles. The van der Waals surface area contributed by atoms with E-state index in [9.17, 15) is 9.59 Å². The van der Waals surface area contributed by atoms with E-state index in [-0.39, 0.29) is 12.3 Å². The van der Waals surface area contributed by atoms with Gasteiger partial charge in [0.15, 0.2) is 0 Å². The number of carbonyl (C=O) groups is 2. The van der Waals surface area contributed by atoms with Crippen LogP contribution in [0.3, 0.4) is 0 Å². The Bertz CT molecular complexity index is 641. The number of nitrogens with zero attached hydrogens (tertiary/aromatic N) is 3. The second-order valence-corrected chi connectivity index (χ2v) is 5.21. The van der Waals surface area contributed by atoms with Crippen LogP contribution >= 0.6 is 0 Å². The molecule has 0 fully saturated rings. The Morgan fingerprint density at radius 3 is 2.74 bits per heavy atom. The van der Waals surface area contributed by atoms with Crippen molar-refractivity contribution in [2.75, 3.05) is 6.54 Å². The summed E-state index contributed by atoms with van der Waals surface area (Å²) in [5.41, 5.74) is 1.50. The first kappa shape index (κ1) is 16.7. The van der Waals surface area contributed by atoms with Crippen LogP contribution in [-0.4, -0.2) is 38.3 Å². The van der Waals surface area contributed by atoms with Gasteiger partial charge < -0.3 is 10.4 Å². The summed E-state index contributed by atoms with van der Waals surface area (Å²) in [6.07, 6.45) is 5.43. The molecule has 1 aromatic heterocycles. The van der Waals surface area contributed by atoms with Crippen LogP contribution in [0.1, 0.15) is 41.6 Å². The van der Waals surface area contributed by atoms with Crippen LogP contribution in [0, 0.1) is 0 Å². The van der Waals surface area contributed by atoms with Crippen molar-refractivity contribution in [3.63, 3.8) is 0 Å². The van der Waals surface area contributed by atoms with E-state index in [1.165, 1.54) is 6.33 Å². The van der Waals surface area contributed by atoms with E-state index in [1.54, 1.807) is 17.1 Å². The Kier molecular flexibility index (Phi) is 6.28. The number of unbranched alkanes of at least 4 members (excludes halogenated alkanes) is 2. The summed E-state index contributed by atoms with van der Waals surface area (Å²) in [4.78, 5) is 26.6. The Labute approximate surface area is 134 Å². The highest BCUT2D eigenvalue weighted by atomic mass is 16.4. The molecule has 0 atom stereocenters. The molecule has 1 heterocycles. The zero-order valence-corrected chi connectivity index (χ0v) is 12.8. The Hall–Kier alpha value is -2.70. The quantitative estimate of drug-likeness (QED) is 0.686. The molecule has 2 aromatic rings. The monoisotopic (exact) mass is 316 g/mol. The first-order valence-corrected chi connectivity index (χ1v) is 7.57. The molecule has 0 unspecified atom stereocenters. The van der Waals surface area contributed by atoms with Crippen molar-refractivity contribution in [2.45, 2.75) is 32.2 Å². The lowest BCUT2D eigenvalue weighted by atomic mass is 10.1. The second kappa shape index (κ2) is 8.67. The van der Waals surface area contributed by atoms with E-state index < -0.39 is 5.97 Å². The maximum Gasteiger partial charge on any atom is 0.303 e. The van der Waals surface area contributed by atoms with Gasteiger partial charge in [0.2, 0.25) is 0 Å². The average molecular weight is 316 g/mol. The fraction of sp³-hybridized carbons (Fsp3) is 0.375. The highest BCUT2D eigenvalue weighted by Gasteiger charge is 2.10. The van der Waals surface area contributed by atoms with E-state index in [2.05, 4.69) is 15.4 Å². The first-order chi connectivity index (χ1) is 11.2. The van der Waals surface area contributed by atoms with Crippen LogP contribution in [0.25, 0.3) is 0 Å². The number of aromatic nitrogens is 3. The zero-order valence-electron chi connectivity index (χ0n) is 12.8. The predicted molar refractivity (Wildman–Crippen MR) is 84.0 cm³/mol. The fourth-order valence-corrected chi connectivity index (χ4v) is 2.24. The predicted octanol–water partition coefficient (Wildman–Crippen LogP) is 1.70. The molecule has 0 spiro atoms. The van der Waals surface area contributed by atoms with E-state index in [4.69, 9.17) is 5.11 Å². The molecule has 1 aromatic carbocycles. The summed E-state index contributed by atoms with van der Waals surface area (Å²) in [5.74, 6) is -0.907. The van der Waals surface area contributed by atoms with Crippen LogP contribution in [0.15, 0.2) is 36.9 Å². The number of benzene rings is 1. The van der Waals surface area contributed by atoms with Crippen LogP contribution in [0.4, 0.5) is 0 Å². The Balaban J connectivity index is 1.83. The Morgan fingerprint density at radius 1 is 1.17 bits per heavy atom. The molecule has 0 aliphatic carbocycles. The highest BCUT2D eigenvalue weighted by molar-refractivity contribution is 5.95. The van der Waals surface area contributed by atoms with E-state index >= 15 is 0 Å². The molecule has 1 amide bonds. The molecule has 0 saturated heterocycles. The van der Waals surface area contributed by atoms with Gasteiger partial charge in [0.05, 0.1) is 6.54 Å². The number of nitrogens with one attached hydrogen (secondary N) is 1.